The van der Waals surface area contributed by atoms with Crippen LogP contribution < -0.4 is 5.32 Å². The molecule has 8 rings (SSSR count). The van der Waals surface area contributed by atoms with E-state index in [1.165, 1.54) is 50.4 Å². The molecule has 6 aromatic rings. The van der Waals surface area contributed by atoms with Gasteiger partial charge >= 0.3 is 23.9 Å². The lowest BCUT2D eigenvalue weighted by Crippen LogP contribution is -2.69. The van der Waals surface area contributed by atoms with Gasteiger partial charge < -0.3 is 52.7 Å². The molecule has 0 aliphatic carbocycles. The Labute approximate surface area is 422 Å². The quantitative estimate of drug-likeness (QED) is 0.0592. The maximum Gasteiger partial charge on any atom is 0.338 e. The van der Waals surface area contributed by atoms with Crippen LogP contribution in [0.25, 0.3) is 0 Å². The smallest absolute Gasteiger partial charge is 0.338 e. The molecule has 10 atom stereocenters. The van der Waals surface area contributed by atoms with Crippen LogP contribution in [0.15, 0.2) is 182 Å². The maximum absolute atomic E-state index is 14.4. The summed E-state index contributed by atoms with van der Waals surface area (Å²) in [5.74, 6) is -3.84. The first-order valence-electron chi connectivity index (χ1n) is 23.7. The number of hydrogen-bond donors (Lipinski definition) is 1. The van der Waals surface area contributed by atoms with Crippen LogP contribution in [-0.4, -0.2) is 111 Å². The monoisotopic (exact) mass is 993 g/mol. The van der Waals surface area contributed by atoms with Crippen LogP contribution in [0.5, 0.6) is 0 Å². The van der Waals surface area contributed by atoms with E-state index in [4.69, 9.17) is 47.4 Å². The summed E-state index contributed by atoms with van der Waals surface area (Å²) in [4.78, 5) is 69.6. The molecule has 0 spiro atoms. The Morgan fingerprint density at radius 3 is 1.34 bits per heavy atom. The van der Waals surface area contributed by atoms with Crippen LogP contribution in [0.3, 0.4) is 0 Å². The molecule has 0 bridgehead atoms. The Kier molecular flexibility index (Phi) is 18.2. The number of carbonyl (C=O) groups is 5. The number of amides is 1. The standard InChI is InChI=1S/C57H55NO15/c1-37(59)58-46-49(66-34-39-23-11-4-12-24-39)47(44(68-56(46)64-2)35-65-33-38-21-9-3-10-22-38)73-57-51(72-55(63)43-31-19-8-20-32-43)50(71-54(62)42-29-17-7-18-30-42)48(70-53(61)41-27-15-6-16-28-41)45(69-57)36-67-52(60)40-25-13-5-14-26-40/h3-32,44-51,56-57H,33-36H2,1-2H3,(H,58,59)/t44-,45-,46-,47-,48-,49-,50+,51-,56+,57-/m1/s1. The summed E-state index contributed by atoms with van der Waals surface area (Å²) in [5, 5.41) is 2.91. The average molecular weight is 994 g/mol. The molecule has 73 heavy (non-hydrogen) atoms. The van der Waals surface area contributed by atoms with E-state index in [-0.39, 0.29) is 42.1 Å². The fourth-order valence-electron chi connectivity index (χ4n) is 8.42. The van der Waals surface area contributed by atoms with Gasteiger partial charge in [0.05, 0.1) is 42.1 Å². The van der Waals surface area contributed by atoms with Crippen LogP contribution in [-0.2, 0) is 65.4 Å². The van der Waals surface area contributed by atoms with Crippen LogP contribution in [0.2, 0.25) is 0 Å². The zero-order chi connectivity index (χ0) is 50.9. The van der Waals surface area contributed by atoms with Crippen LogP contribution in [0.4, 0.5) is 0 Å². The second-order valence-electron chi connectivity index (χ2n) is 17.1. The topological polar surface area (TPSA) is 190 Å². The Bertz CT molecular complexity index is 2700. The number of esters is 4. The zero-order valence-corrected chi connectivity index (χ0v) is 40.0. The molecule has 16 nitrogen and oxygen atoms in total. The van der Waals surface area contributed by atoms with E-state index in [0.29, 0.717) is 0 Å². The number of hydrogen-bond acceptors (Lipinski definition) is 15. The summed E-state index contributed by atoms with van der Waals surface area (Å²) >= 11 is 0. The fourth-order valence-corrected chi connectivity index (χ4v) is 8.42. The first-order valence-corrected chi connectivity index (χ1v) is 23.7. The molecule has 6 aromatic carbocycles. The number of nitrogens with one attached hydrogen (secondary N) is 1. The van der Waals surface area contributed by atoms with E-state index < -0.39 is 97.7 Å². The van der Waals surface area contributed by atoms with Crippen molar-refractivity contribution in [1.29, 1.82) is 0 Å². The van der Waals surface area contributed by atoms with Crippen molar-refractivity contribution in [1.82, 2.24) is 5.32 Å². The number of carbonyl (C=O) groups excluding carboxylic acids is 5. The van der Waals surface area contributed by atoms with Gasteiger partial charge in [-0.15, -0.1) is 0 Å². The van der Waals surface area contributed by atoms with Crippen LogP contribution >= 0.6 is 0 Å². The second-order valence-corrected chi connectivity index (χ2v) is 17.1. The molecular weight excluding hydrogens is 939 g/mol. The van der Waals surface area contributed by atoms with Gasteiger partial charge in [0.15, 0.2) is 30.9 Å². The third kappa shape index (κ3) is 13.9. The number of rotatable bonds is 20. The predicted molar refractivity (Wildman–Crippen MR) is 262 cm³/mol. The lowest BCUT2D eigenvalue weighted by Gasteiger charge is -2.49. The molecule has 378 valence electrons. The van der Waals surface area contributed by atoms with Gasteiger partial charge in [0, 0.05) is 14.0 Å². The molecule has 0 radical (unpaired) electrons. The predicted octanol–water partition coefficient (Wildman–Crippen LogP) is 7.31. The molecule has 2 fully saturated rings. The van der Waals surface area contributed by atoms with Gasteiger partial charge in [0.25, 0.3) is 0 Å². The molecular formula is C57H55NO15. The minimum absolute atomic E-state index is 0.0142. The highest BCUT2D eigenvalue weighted by Gasteiger charge is 2.57. The van der Waals surface area contributed by atoms with Gasteiger partial charge in [-0.3, -0.25) is 4.79 Å². The molecule has 0 aromatic heterocycles. The van der Waals surface area contributed by atoms with E-state index in [0.717, 1.165) is 11.1 Å². The Balaban J connectivity index is 1.25. The van der Waals surface area contributed by atoms with Crippen molar-refractivity contribution in [2.45, 2.75) is 81.5 Å². The van der Waals surface area contributed by atoms with Gasteiger partial charge in [-0.2, -0.15) is 0 Å². The fraction of sp³-hybridized carbons (Fsp3) is 0.281. The SMILES string of the molecule is CO[C@H]1O[C@H](COCc2ccccc2)[C@@H](O[C@H]2O[C@H](COC(=O)c3ccccc3)[C@@H](OC(=O)c3ccccc3)[C@H](OC(=O)c3ccccc3)[C@H]2OC(=O)c2ccccc2)[C@H](OCc2ccccc2)[C@H]1NC(C)=O. The van der Waals surface area contributed by atoms with Crippen molar-refractivity contribution in [3.05, 3.63) is 215 Å². The Hall–Kier alpha value is -7.57. The highest BCUT2D eigenvalue weighted by molar-refractivity contribution is 5.91. The van der Waals surface area contributed by atoms with Gasteiger partial charge in [0.2, 0.25) is 5.91 Å². The lowest BCUT2D eigenvalue weighted by atomic mass is 9.94. The van der Waals surface area contributed by atoms with Crippen molar-refractivity contribution >= 4 is 29.8 Å². The van der Waals surface area contributed by atoms with Gasteiger partial charge in [-0.1, -0.05) is 133 Å². The van der Waals surface area contributed by atoms with Crippen molar-refractivity contribution < 1.29 is 71.3 Å². The van der Waals surface area contributed by atoms with Gasteiger partial charge in [-0.25, -0.2) is 19.2 Å². The van der Waals surface area contributed by atoms with Crippen molar-refractivity contribution in [2.24, 2.45) is 0 Å². The highest BCUT2D eigenvalue weighted by atomic mass is 16.8. The van der Waals surface area contributed by atoms with E-state index in [1.54, 1.807) is 84.9 Å². The van der Waals surface area contributed by atoms with Crippen molar-refractivity contribution in [3.63, 3.8) is 0 Å². The molecule has 16 heteroatoms. The molecule has 1 N–H and O–H groups in total. The zero-order valence-electron chi connectivity index (χ0n) is 40.0. The van der Waals surface area contributed by atoms with Gasteiger partial charge in [-0.05, 0) is 59.7 Å². The number of benzene rings is 6. The van der Waals surface area contributed by atoms with Crippen LogP contribution in [0, 0.1) is 0 Å². The molecule has 2 aliphatic heterocycles. The normalized spacial score (nSPS) is 23.5. The molecule has 0 saturated carbocycles. The Morgan fingerprint density at radius 1 is 0.452 bits per heavy atom. The largest absolute Gasteiger partial charge is 0.459 e. The first-order chi connectivity index (χ1) is 35.6. The van der Waals surface area contributed by atoms with E-state index >= 15 is 0 Å². The minimum atomic E-state index is -1.77. The van der Waals surface area contributed by atoms with Crippen LogP contribution in [0.1, 0.15) is 59.5 Å². The molecule has 2 heterocycles. The van der Waals surface area contributed by atoms with E-state index in [1.807, 2.05) is 60.7 Å². The van der Waals surface area contributed by atoms with Crippen molar-refractivity contribution in [2.75, 3.05) is 20.3 Å². The summed E-state index contributed by atoms with van der Waals surface area (Å²) < 4.78 is 64.1. The second kappa shape index (κ2) is 25.7. The molecule has 2 aliphatic rings. The van der Waals surface area contributed by atoms with Crippen molar-refractivity contribution in [3.8, 4) is 0 Å². The molecule has 0 unspecified atom stereocenters. The summed E-state index contributed by atoms with van der Waals surface area (Å²) in [6.07, 6.45) is -13.0. The average Bonchev–Trinajstić information content (AvgIpc) is 3.43. The third-order valence-corrected chi connectivity index (χ3v) is 12.0. The minimum Gasteiger partial charge on any atom is -0.459 e. The summed E-state index contributed by atoms with van der Waals surface area (Å²) in [5.41, 5.74) is 2.19. The number of methoxy groups -OCH3 is 1. The number of ether oxygens (including phenoxy) is 10. The highest BCUT2D eigenvalue weighted by Crippen LogP contribution is 2.36. The summed E-state index contributed by atoms with van der Waals surface area (Å²) in [7, 11) is 1.42. The maximum atomic E-state index is 14.4. The lowest BCUT2D eigenvalue weighted by molar-refractivity contribution is -0.349. The molecule has 1 amide bonds. The van der Waals surface area contributed by atoms with E-state index in [9.17, 15) is 24.0 Å². The summed E-state index contributed by atoms with van der Waals surface area (Å²) in [6, 6.07) is 50.0. The van der Waals surface area contributed by atoms with E-state index in [2.05, 4.69) is 5.32 Å². The molecule has 2 saturated heterocycles. The third-order valence-electron chi connectivity index (χ3n) is 12.0. The Morgan fingerprint density at radius 2 is 0.863 bits per heavy atom. The summed E-state index contributed by atoms with van der Waals surface area (Å²) in [6.45, 7) is 0.770. The first kappa shape index (κ1) is 51.8. The van der Waals surface area contributed by atoms with Gasteiger partial charge in [0.1, 0.15) is 37.1 Å².